The van der Waals surface area contributed by atoms with Crippen molar-refractivity contribution in [1.29, 1.82) is 0 Å². The smallest absolute Gasteiger partial charge is 0.306 e. The van der Waals surface area contributed by atoms with Crippen molar-refractivity contribution >= 4 is 125 Å². The summed E-state index contributed by atoms with van der Waals surface area (Å²) in [6.45, 7) is 24.9. The van der Waals surface area contributed by atoms with E-state index in [1.165, 1.54) is 0 Å². The maximum Gasteiger partial charge on any atom is 0.306 e. The number of aromatic amines is 4. The van der Waals surface area contributed by atoms with Crippen LogP contribution in [-0.4, -0.2) is 380 Å². The van der Waals surface area contributed by atoms with Crippen molar-refractivity contribution in [1.82, 2.24) is 39.9 Å². The second-order valence-electron chi connectivity index (χ2n) is 38.5. The van der Waals surface area contributed by atoms with Crippen molar-refractivity contribution in [2.24, 2.45) is 0 Å². The van der Waals surface area contributed by atoms with Crippen molar-refractivity contribution in [3.8, 4) is 0 Å². The molecule has 30 atom stereocenters. The summed E-state index contributed by atoms with van der Waals surface area (Å²) in [6.07, 6.45) is -59.3. The molecule has 148 heavy (non-hydrogen) atoms. The quantitative estimate of drug-likeness (QED) is 0.0387. The molecule has 0 saturated carbocycles. The third-order valence-corrected chi connectivity index (χ3v) is 29.6. The summed E-state index contributed by atoms with van der Waals surface area (Å²) < 4.78 is 85.2. The minimum Gasteiger partial charge on any atom is -0.481 e. The number of aliphatic hydroxyl groups excluding tert-OH is 16. The molecule has 0 radical (unpaired) electrons. The van der Waals surface area contributed by atoms with Gasteiger partial charge in [0.05, 0.1) is 72.0 Å². The Morgan fingerprint density at radius 3 is 0.845 bits per heavy atom. The monoisotopic (exact) mass is 2060 g/mol. The van der Waals surface area contributed by atoms with Crippen LogP contribution in [0, 0.1) is 27.7 Å². The molecule has 22 fully saturated rings. The Balaban J connectivity index is 0.651. The minimum atomic E-state index is -2.36. The van der Waals surface area contributed by atoms with Gasteiger partial charge in [0.25, 0.3) is 0 Å². The molecule has 29 unspecified atom stereocenters. The maximum atomic E-state index is 14.6. The zero-order valence-corrected chi connectivity index (χ0v) is 82.2. The zero-order chi connectivity index (χ0) is 106. The number of H-pyrrole nitrogens is 4. The van der Waals surface area contributed by atoms with E-state index in [-0.39, 0.29) is 38.5 Å². The van der Waals surface area contributed by atoms with Crippen LogP contribution in [0.4, 0.5) is 0 Å². The molecular formula is C104H124N8O36. The summed E-state index contributed by atoms with van der Waals surface area (Å²) in [6, 6.07) is 14.7. The Morgan fingerprint density at radius 1 is 0.297 bits per heavy atom. The van der Waals surface area contributed by atoms with Crippen molar-refractivity contribution in [3.05, 3.63) is 177 Å². The second-order valence-corrected chi connectivity index (χ2v) is 38.5. The Morgan fingerprint density at radius 2 is 0.541 bits per heavy atom. The van der Waals surface area contributed by atoms with Crippen LogP contribution in [-0.2, 0) is 98.3 Å². The molecule has 0 amide bonds. The lowest BCUT2D eigenvalue weighted by molar-refractivity contribution is -0.404. The first-order valence-electron chi connectivity index (χ1n) is 48.7. The third kappa shape index (κ3) is 21.1. The van der Waals surface area contributed by atoms with Crippen LogP contribution in [0.25, 0.3) is 101 Å². The number of hydrogen-bond acceptors (Lipinski definition) is 38. The van der Waals surface area contributed by atoms with Crippen LogP contribution in [0.15, 0.2) is 87.0 Å². The fourth-order valence-corrected chi connectivity index (χ4v) is 20.9. The van der Waals surface area contributed by atoms with E-state index in [2.05, 4.69) is 46.3 Å². The number of carbonyl (C=O) groups is 4. The normalized spacial score (nSPS) is 32.1. The number of allylic oxidation sites excluding steroid dienone is 10. The van der Waals surface area contributed by atoms with Crippen LogP contribution < -0.4 is 0 Å². The number of aliphatic carboxylic acids is 2. The number of nitrogens with one attached hydrogen (secondary N) is 4. The summed E-state index contributed by atoms with van der Waals surface area (Å²) in [7, 11) is 0. The van der Waals surface area contributed by atoms with Gasteiger partial charge in [-0.3, -0.25) is 19.2 Å². The number of carboxylic acid groups (broad SMARTS) is 2. The van der Waals surface area contributed by atoms with Gasteiger partial charge < -0.3 is 178 Å². The number of hydrogen-bond donors (Lipinski definition) is 22. The predicted molar refractivity (Wildman–Crippen MR) is 525 cm³/mol. The lowest BCUT2D eigenvalue weighted by Gasteiger charge is -2.50. The summed E-state index contributed by atoms with van der Waals surface area (Å²) >= 11 is 0. The molecule has 6 aromatic rings. The number of esters is 2. The lowest BCUT2D eigenvalue weighted by atomic mass is 9.94. The molecule has 22 saturated heterocycles. The molecule has 0 aromatic carbocycles. The van der Waals surface area contributed by atoms with Crippen LogP contribution in [0.3, 0.4) is 0 Å². The number of fused-ring (bicyclic) bond motifs is 16. The first-order valence-corrected chi connectivity index (χ1v) is 48.7. The van der Waals surface area contributed by atoms with Crippen molar-refractivity contribution < 1.29 is 177 Å². The molecular weight excluding hydrogens is 1940 g/mol. The van der Waals surface area contributed by atoms with Crippen molar-refractivity contribution in [2.75, 3.05) is 39.6 Å². The average molecular weight is 2060 g/mol. The van der Waals surface area contributed by atoms with Gasteiger partial charge in [0.2, 0.25) is 0 Å². The number of ether oxygens (including phenoxy) is 14. The van der Waals surface area contributed by atoms with E-state index in [0.29, 0.717) is 129 Å². The summed E-state index contributed by atoms with van der Waals surface area (Å²) in [5, 5.41) is 210. The minimum absolute atomic E-state index is 0.0808. The number of carboxylic acids is 2. The number of rotatable bonds is 24. The highest BCUT2D eigenvalue weighted by Crippen LogP contribution is 2.45. The van der Waals surface area contributed by atoms with Gasteiger partial charge in [-0.1, -0.05) is 50.6 Å². The maximum absolute atomic E-state index is 14.6. The summed E-state index contributed by atoms with van der Waals surface area (Å²) in [4.78, 5) is 88.0. The largest absolute Gasteiger partial charge is 0.481 e. The summed E-state index contributed by atoms with van der Waals surface area (Å²) in [5.74, 6) is -4.01. The molecule has 0 spiro atoms. The number of nitrogens with zero attached hydrogens (tertiary/aromatic N) is 4. The van der Waals surface area contributed by atoms with E-state index >= 15 is 0 Å². The molecule has 26 aliphatic rings. The van der Waals surface area contributed by atoms with E-state index in [1.807, 2.05) is 77.9 Å². The highest BCUT2D eigenvalue weighted by atomic mass is 16.8. The van der Waals surface area contributed by atoms with Gasteiger partial charge in [-0.25, -0.2) is 19.9 Å². The molecule has 44 heteroatoms. The average Bonchev–Trinajstić information content (AvgIpc) is 1.16. The molecule has 32 rings (SSSR count). The molecule has 796 valence electrons. The van der Waals surface area contributed by atoms with Crippen LogP contribution >= 0.6 is 0 Å². The molecule has 26 aliphatic heterocycles. The lowest BCUT2D eigenvalue weighted by Crippen LogP contribution is -2.69. The van der Waals surface area contributed by atoms with Crippen molar-refractivity contribution in [2.45, 2.75) is 291 Å². The molecule has 6 aromatic heterocycles. The third-order valence-electron chi connectivity index (χ3n) is 29.6. The molecule has 22 N–H and O–H groups in total. The van der Waals surface area contributed by atoms with Gasteiger partial charge in [-0.15, -0.1) is 0 Å². The van der Waals surface area contributed by atoms with E-state index in [1.54, 1.807) is 50.3 Å². The number of carbonyl (C=O) groups excluding carboxylic acids is 2. The van der Waals surface area contributed by atoms with Gasteiger partial charge in [0.15, 0.2) is 37.7 Å². The van der Waals surface area contributed by atoms with Gasteiger partial charge in [-0.2, -0.15) is 0 Å². The first-order chi connectivity index (χ1) is 70.7. The Hall–Kier alpha value is -11.1. The van der Waals surface area contributed by atoms with Crippen molar-refractivity contribution in [3.63, 3.8) is 0 Å². The Labute approximate surface area is 845 Å². The fourth-order valence-electron chi connectivity index (χ4n) is 20.9. The Bertz CT molecular complexity index is 6620. The molecule has 0 aliphatic carbocycles. The van der Waals surface area contributed by atoms with Crippen LogP contribution in [0.5, 0.6) is 0 Å². The Kier molecular flexibility index (Phi) is 32.8. The van der Waals surface area contributed by atoms with E-state index < -0.39 is 261 Å². The standard InChI is InChI=1S/C104H124N8O36/c1-13-47-39(5)55-25-57-43(9)51(17-21-77(117)118)67(109-57)31-70-54(46(12)62(112-70)30-66-50(16-4)42(8)60(108-66)28-63(47)105-55)20-24-80(122)136-38-76-98-86(128)92(134)104(142-76)146-96-74(36-116)138-100(88(130)82(96)124)143-93-71(33-113)139-101(89(131)83(93)125)147-97-75(141-103(91(133)85(97)127)145-95-73(35-115)137-99(87(129)81(95)123)144-94-72(34-114)140-102(148-98)90(132)84(94)126)37-135-79(121)23-19-53-45(11)58-26-56-40(6)48(14-2)64(106-56)27-59-41(7)49(15-3)65(107-59)29-61-44(10)52(18-22-78(119)120)68(111-61)32-69(53)110-58/h13-16,25-32,71-76,81-106,111-116,123-134H,1-4,17-24,33-38H2,5-12H3,(H,117,118)(H,119,120)/t71?,72?,73?,74?,75?,76?,81?,82?,83?,84?,85?,86?,87?,88?,89?,90?,91?,92?,93?,94?,95?,96?,97?,98-,99?,100?,101?,102?,103?,104?/m1/s1. The van der Waals surface area contributed by atoms with E-state index in [0.717, 1.165) is 50.1 Å². The molecule has 28 bridgehead atoms. The highest BCUT2D eigenvalue weighted by molar-refractivity contribution is 6.01. The van der Waals surface area contributed by atoms with Gasteiger partial charge in [-0.05, 0) is 196 Å². The topological polar surface area (TPSA) is 676 Å². The predicted octanol–water partition coefficient (Wildman–Crippen LogP) is 2.91. The number of aryl methyl sites for hydroxylation is 6. The summed E-state index contributed by atoms with van der Waals surface area (Å²) in [5.41, 5.74) is 20.5. The van der Waals surface area contributed by atoms with Gasteiger partial charge in [0.1, 0.15) is 160 Å². The zero-order valence-electron chi connectivity index (χ0n) is 82.2. The van der Waals surface area contributed by atoms with Crippen LogP contribution in [0.2, 0.25) is 0 Å². The van der Waals surface area contributed by atoms with E-state index in [9.17, 15) is 111 Å². The second kappa shape index (κ2) is 44.8. The highest BCUT2D eigenvalue weighted by Gasteiger charge is 2.60. The molecule has 44 nitrogen and oxygen atoms in total. The first kappa shape index (κ1) is 108. The number of aliphatic hydroxyl groups is 16. The molecule has 32 heterocycles. The SMILES string of the molecule is C=CC1=C(C)c2cc3[nH]c(cc4nc(cc5[nH]c(cc1n2)c(C)c5CCC(=O)O)C(CCC(=O)OCC1OC2OC5C(CO)OC(OC6C(CO)OC(O[C@@H]7C(COC(=O)CCc8c(C)c9cc%10nc(cc%11[nH]c(cc%12nc(cc8[nH]9)C(CCC(=O)O)=C%12C)c(C)c%11C=C)C(C)=C%10C=C)OC(OC8C(CO)OC(OC9C(CO)OC(OC1C(O)C2O)C(O)C9O)C(O)C8O)C(O)C7O)C(O)C6O)C(O)C5O)=C4C)c(C)c3C=C. The fraction of sp³-hybridized carbons (Fsp3) is 0.500. The van der Waals surface area contributed by atoms with Crippen LogP contribution in [0.1, 0.15) is 156 Å². The van der Waals surface area contributed by atoms with E-state index in [4.69, 9.17) is 86.3 Å². The van der Waals surface area contributed by atoms with Gasteiger partial charge in [0, 0.05) is 92.1 Å². The number of aromatic nitrogens is 8. The van der Waals surface area contributed by atoms with Gasteiger partial charge >= 0.3 is 23.9 Å².